The van der Waals surface area contributed by atoms with E-state index in [9.17, 15) is 14.0 Å². The summed E-state index contributed by atoms with van der Waals surface area (Å²) < 4.78 is 13.3. The highest BCUT2D eigenvalue weighted by atomic mass is 19.1. The lowest BCUT2D eigenvalue weighted by molar-refractivity contribution is 0.0905. The summed E-state index contributed by atoms with van der Waals surface area (Å²) in [4.78, 5) is 26.9. The number of benzene rings is 3. The minimum absolute atomic E-state index is 0.0544. The monoisotopic (exact) mass is 701 g/mol. The predicted molar refractivity (Wildman–Crippen MR) is 213 cm³/mol. The molecule has 0 spiro atoms. The number of rotatable bonds is 11. The Morgan fingerprint density at radius 1 is 0.827 bits per heavy atom. The first-order valence-electron chi connectivity index (χ1n) is 20.5. The maximum absolute atomic E-state index is 13.5. The first-order chi connectivity index (χ1) is 25.3. The zero-order valence-electron chi connectivity index (χ0n) is 31.7. The van der Waals surface area contributed by atoms with E-state index in [2.05, 4.69) is 49.5 Å². The number of aryl methyl sites for hydroxylation is 1. The van der Waals surface area contributed by atoms with Crippen molar-refractivity contribution in [1.29, 1.82) is 0 Å². The quantitative estimate of drug-likeness (QED) is 0.123. The second-order valence-electron chi connectivity index (χ2n) is 16.3. The normalized spacial score (nSPS) is 23.2. The van der Waals surface area contributed by atoms with Gasteiger partial charge in [-0.3, -0.25) is 9.59 Å². The largest absolute Gasteiger partial charge is 0.352 e. The number of hydrogen-bond donors (Lipinski definition) is 1. The van der Waals surface area contributed by atoms with Gasteiger partial charge < -0.3 is 5.32 Å². The van der Waals surface area contributed by atoms with Gasteiger partial charge in [-0.25, -0.2) is 4.39 Å². The number of ketones is 1. The van der Waals surface area contributed by atoms with Gasteiger partial charge in [0.1, 0.15) is 5.82 Å². The number of amides is 1. The van der Waals surface area contributed by atoms with E-state index in [0.29, 0.717) is 5.92 Å². The number of halogens is 1. The van der Waals surface area contributed by atoms with Crippen LogP contribution in [-0.4, -0.2) is 18.2 Å². The number of Topliss-reactive ketones (excluding diaryl/α,β-unsaturated/α-hetero) is 1. The van der Waals surface area contributed by atoms with Gasteiger partial charge in [0.05, 0.1) is 0 Å². The summed E-state index contributed by atoms with van der Waals surface area (Å²) in [7, 11) is 0. The van der Waals surface area contributed by atoms with Crippen LogP contribution < -0.4 is 15.8 Å². The molecule has 3 aliphatic carbocycles. The van der Waals surface area contributed by atoms with Crippen LogP contribution in [0.2, 0.25) is 0 Å². The van der Waals surface area contributed by atoms with Gasteiger partial charge in [-0.1, -0.05) is 118 Å². The Morgan fingerprint density at radius 3 is 2.40 bits per heavy atom. The van der Waals surface area contributed by atoms with Gasteiger partial charge in [-0.15, -0.1) is 0 Å². The van der Waals surface area contributed by atoms with E-state index in [1.54, 1.807) is 0 Å². The van der Waals surface area contributed by atoms with Gasteiger partial charge in [0.25, 0.3) is 5.91 Å². The van der Waals surface area contributed by atoms with Crippen molar-refractivity contribution in [2.24, 2.45) is 23.7 Å². The maximum atomic E-state index is 13.5. The van der Waals surface area contributed by atoms with Crippen LogP contribution in [0.25, 0.3) is 12.2 Å². The average molecular weight is 702 g/mol. The molecule has 4 heteroatoms. The van der Waals surface area contributed by atoms with Gasteiger partial charge in [0.2, 0.25) is 0 Å². The van der Waals surface area contributed by atoms with E-state index in [4.69, 9.17) is 0 Å². The number of carbonyl (C=O) groups is 2. The van der Waals surface area contributed by atoms with Crippen molar-refractivity contribution in [2.75, 3.05) is 6.54 Å². The van der Waals surface area contributed by atoms with Crippen LogP contribution in [-0.2, 0) is 6.42 Å². The van der Waals surface area contributed by atoms with Crippen molar-refractivity contribution in [3.8, 4) is 0 Å². The fraction of sp³-hybridized carbons (Fsp3) is 0.500. The second kappa shape index (κ2) is 18.8. The molecule has 0 aromatic heterocycles. The lowest BCUT2D eigenvalue weighted by Crippen LogP contribution is -2.32. The van der Waals surface area contributed by atoms with Crippen molar-refractivity contribution < 1.29 is 14.0 Å². The highest BCUT2D eigenvalue weighted by Gasteiger charge is 2.25. The molecule has 1 N–H and O–H groups in total. The third-order valence-electron chi connectivity index (χ3n) is 12.4. The third-order valence-corrected chi connectivity index (χ3v) is 12.4. The standard InChI is InChI=1S/C48H60FNO2/c1-34-10-4-3-5-13-40(34)16-9-29-50-48(52)46-33-44-32-37(11-6-7-14-43(44)30-35(46)2)18-17-36-12-8-15-41(24-19-36)47(51)42-25-20-38(21-26-42)31-39-22-27-45(49)28-23-39/h14,18,20-23,25-28,30,32-34,36,40-41H,3-13,15-17,19,24,29,31H2,1-2H3,(H,50,52). The van der Waals surface area contributed by atoms with Gasteiger partial charge in [0, 0.05) is 23.6 Å². The summed E-state index contributed by atoms with van der Waals surface area (Å²) in [5.41, 5.74) is 6.22. The highest BCUT2D eigenvalue weighted by molar-refractivity contribution is 5.98. The van der Waals surface area contributed by atoms with Gasteiger partial charge in [0.15, 0.2) is 5.78 Å². The minimum Gasteiger partial charge on any atom is -0.352 e. The molecule has 276 valence electrons. The molecular formula is C48H60FNO2. The van der Waals surface area contributed by atoms with Gasteiger partial charge in [-0.05, 0) is 134 Å². The van der Waals surface area contributed by atoms with E-state index in [1.807, 2.05) is 36.4 Å². The number of allylic oxidation sites excluding steroid dienone is 2. The zero-order valence-corrected chi connectivity index (χ0v) is 31.7. The SMILES string of the molecule is Cc1cc2c(cc1C(=O)NCCCC1CCCCCC1C)=CC(=CCC1CCCC(C(=O)c3ccc(Cc4ccc(F)cc4)cc3)CC1)CCCC=2. The number of hydrogen-bond acceptors (Lipinski definition) is 2. The second-order valence-corrected chi connectivity index (χ2v) is 16.3. The highest BCUT2D eigenvalue weighted by Crippen LogP contribution is 2.33. The molecule has 3 aromatic rings. The molecule has 4 unspecified atom stereocenters. The Hall–Kier alpha value is -3.79. The summed E-state index contributed by atoms with van der Waals surface area (Å²) in [6.45, 7) is 5.24. The van der Waals surface area contributed by atoms with Crippen LogP contribution in [0.5, 0.6) is 0 Å². The molecule has 0 radical (unpaired) electrons. The van der Waals surface area contributed by atoms with Crippen LogP contribution in [0.3, 0.4) is 0 Å². The van der Waals surface area contributed by atoms with Crippen LogP contribution >= 0.6 is 0 Å². The number of nitrogens with one attached hydrogen (secondary N) is 1. The Balaban J connectivity index is 1.04. The van der Waals surface area contributed by atoms with Crippen LogP contribution in [0.4, 0.5) is 4.39 Å². The fourth-order valence-electron chi connectivity index (χ4n) is 9.01. The Bertz CT molecular complexity index is 1800. The van der Waals surface area contributed by atoms with Gasteiger partial charge in [-0.2, -0.15) is 0 Å². The van der Waals surface area contributed by atoms with E-state index in [1.165, 1.54) is 61.4 Å². The number of carbonyl (C=O) groups excluding carboxylic acids is 2. The average Bonchev–Trinajstić information content (AvgIpc) is 3.51. The van der Waals surface area contributed by atoms with E-state index in [-0.39, 0.29) is 23.4 Å². The topological polar surface area (TPSA) is 46.2 Å². The molecule has 52 heavy (non-hydrogen) atoms. The number of fused-ring (bicyclic) bond motifs is 1. The zero-order chi connectivity index (χ0) is 36.3. The molecule has 0 heterocycles. The summed E-state index contributed by atoms with van der Waals surface area (Å²) in [6.07, 6.45) is 26.5. The fourth-order valence-corrected chi connectivity index (χ4v) is 9.01. The molecule has 6 rings (SSSR count). The molecule has 0 bridgehead atoms. The third kappa shape index (κ3) is 10.6. The van der Waals surface area contributed by atoms with E-state index >= 15 is 0 Å². The van der Waals surface area contributed by atoms with Crippen LogP contribution in [0.15, 0.2) is 72.3 Å². The molecule has 0 saturated heterocycles. The van der Waals surface area contributed by atoms with E-state index < -0.39 is 0 Å². The smallest absolute Gasteiger partial charge is 0.251 e. The lowest BCUT2D eigenvalue weighted by atomic mass is 9.86. The minimum atomic E-state index is -0.222. The molecule has 4 atom stereocenters. The molecular weight excluding hydrogens is 642 g/mol. The molecule has 1 amide bonds. The molecule has 3 aliphatic rings. The Morgan fingerprint density at radius 2 is 1.60 bits per heavy atom. The Labute approximate surface area is 311 Å². The molecule has 3 aromatic carbocycles. The van der Waals surface area contributed by atoms with Crippen molar-refractivity contribution >= 4 is 23.8 Å². The summed E-state index contributed by atoms with van der Waals surface area (Å²) in [5.74, 6) is 2.40. The van der Waals surface area contributed by atoms with Crippen molar-refractivity contribution in [3.63, 3.8) is 0 Å². The predicted octanol–water partition coefficient (Wildman–Crippen LogP) is 10.6. The molecule has 2 saturated carbocycles. The van der Waals surface area contributed by atoms with Crippen LogP contribution in [0.1, 0.15) is 147 Å². The lowest BCUT2D eigenvalue weighted by Gasteiger charge is -2.21. The van der Waals surface area contributed by atoms with E-state index in [0.717, 1.165) is 122 Å². The Kier molecular flexibility index (Phi) is 13.7. The van der Waals surface area contributed by atoms with Crippen LogP contribution in [0, 0.1) is 36.4 Å². The van der Waals surface area contributed by atoms with Crippen molar-refractivity contribution in [1.82, 2.24) is 5.32 Å². The first kappa shape index (κ1) is 38.0. The molecule has 2 fully saturated rings. The van der Waals surface area contributed by atoms with Crippen molar-refractivity contribution in [3.05, 3.63) is 116 Å². The molecule has 3 nitrogen and oxygen atoms in total. The van der Waals surface area contributed by atoms with Gasteiger partial charge >= 0.3 is 0 Å². The molecule has 0 aliphatic heterocycles. The summed E-state index contributed by atoms with van der Waals surface area (Å²) in [5, 5.41) is 5.65. The first-order valence-corrected chi connectivity index (χ1v) is 20.5. The summed E-state index contributed by atoms with van der Waals surface area (Å²) in [6, 6.07) is 19.0. The maximum Gasteiger partial charge on any atom is 0.251 e. The summed E-state index contributed by atoms with van der Waals surface area (Å²) >= 11 is 0. The van der Waals surface area contributed by atoms with Crippen molar-refractivity contribution in [2.45, 2.75) is 123 Å².